The van der Waals surface area contributed by atoms with Gasteiger partial charge in [-0.15, -0.1) is 0 Å². The minimum absolute atomic E-state index is 0.0903. The number of pyridine rings is 1. The maximum Gasteiger partial charge on any atom is 0.326 e. The van der Waals surface area contributed by atoms with Crippen LogP contribution in [0.15, 0.2) is 24.4 Å². The highest BCUT2D eigenvalue weighted by molar-refractivity contribution is 5.84. The van der Waals surface area contributed by atoms with Gasteiger partial charge in [0.2, 0.25) is 5.91 Å². The molecule has 1 amide bonds. The highest BCUT2D eigenvalue weighted by Gasteiger charge is 2.26. The van der Waals surface area contributed by atoms with E-state index in [4.69, 9.17) is 0 Å². The molecule has 7 nitrogen and oxygen atoms in total. The SMILES string of the molecule is CC[C@H](C)[C@H](NC(=O)CN1CCN(c2ccccn2)CC1)C(=O)O. The molecule has 1 aromatic rings. The number of hydrogen-bond donors (Lipinski definition) is 2. The molecule has 2 N–H and O–H groups in total. The van der Waals surface area contributed by atoms with Gasteiger partial charge in [-0.2, -0.15) is 0 Å². The monoisotopic (exact) mass is 334 g/mol. The molecule has 2 rings (SSSR count). The molecule has 0 aromatic carbocycles. The molecule has 0 unspecified atom stereocenters. The summed E-state index contributed by atoms with van der Waals surface area (Å²) in [5.41, 5.74) is 0. The summed E-state index contributed by atoms with van der Waals surface area (Å²) < 4.78 is 0. The van der Waals surface area contributed by atoms with Crippen molar-refractivity contribution >= 4 is 17.7 Å². The van der Waals surface area contributed by atoms with E-state index in [9.17, 15) is 14.7 Å². The van der Waals surface area contributed by atoms with E-state index < -0.39 is 12.0 Å². The van der Waals surface area contributed by atoms with Crippen LogP contribution in [-0.4, -0.2) is 65.6 Å². The number of carboxylic acids is 1. The zero-order valence-corrected chi connectivity index (χ0v) is 14.3. The van der Waals surface area contributed by atoms with Crippen LogP contribution in [0.1, 0.15) is 20.3 Å². The van der Waals surface area contributed by atoms with Crippen LogP contribution < -0.4 is 10.2 Å². The van der Waals surface area contributed by atoms with Crippen molar-refractivity contribution in [3.8, 4) is 0 Å². The van der Waals surface area contributed by atoms with E-state index in [1.165, 1.54) is 0 Å². The summed E-state index contributed by atoms with van der Waals surface area (Å²) in [4.78, 5) is 32.0. The second kappa shape index (κ2) is 8.63. The van der Waals surface area contributed by atoms with Crippen molar-refractivity contribution in [1.29, 1.82) is 0 Å². The van der Waals surface area contributed by atoms with Crippen molar-refractivity contribution in [3.63, 3.8) is 0 Å². The Morgan fingerprint density at radius 2 is 2.00 bits per heavy atom. The summed E-state index contributed by atoms with van der Waals surface area (Å²) in [6, 6.07) is 5.01. The second-order valence-corrected chi connectivity index (χ2v) is 6.22. The molecule has 0 bridgehead atoms. The number of anilines is 1. The number of amides is 1. The molecule has 1 aliphatic rings. The average Bonchev–Trinajstić information content (AvgIpc) is 2.60. The number of nitrogens with one attached hydrogen (secondary N) is 1. The molecule has 2 atom stereocenters. The second-order valence-electron chi connectivity index (χ2n) is 6.22. The summed E-state index contributed by atoms with van der Waals surface area (Å²) in [5.74, 6) is -0.344. The molecule has 1 saturated heterocycles. The minimum Gasteiger partial charge on any atom is -0.480 e. The maximum absolute atomic E-state index is 12.2. The molecule has 0 radical (unpaired) electrons. The molecule has 0 spiro atoms. The molecule has 24 heavy (non-hydrogen) atoms. The van der Waals surface area contributed by atoms with Crippen molar-refractivity contribution in [2.45, 2.75) is 26.3 Å². The first kappa shape index (κ1) is 18.2. The molecule has 7 heteroatoms. The zero-order valence-electron chi connectivity index (χ0n) is 14.3. The predicted octanol–water partition coefficient (Wildman–Crippen LogP) is 0.819. The van der Waals surface area contributed by atoms with Crippen LogP contribution in [0.3, 0.4) is 0 Å². The molecular weight excluding hydrogens is 308 g/mol. The lowest BCUT2D eigenvalue weighted by Crippen LogP contribution is -2.52. The Bertz CT molecular complexity index is 544. The summed E-state index contributed by atoms with van der Waals surface area (Å²) in [6.07, 6.45) is 2.48. The number of piperazine rings is 1. The summed E-state index contributed by atoms with van der Waals surface area (Å²) >= 11 is 0. The third-order valence-corrected chi connectivity index (χ3v) is 4.51. The van der Waals surface area contributed by atoms with Gasteiger partial charge in [-0.3, -0.25) is 9.69 Å². The van der Waals surface area contributed by atoms with Crippen molar-refractivity contribution in [2.75, 3.05) is 37.6 Å². The van der Waals surface area contributed by atoms with Gasteiger partial charge in [0.15, 0.2) is 0 Å². The molecule has 0 aliphatic carbocycles. The van der Waals surface area contributed by atoms with Crippen molar-refractivity contribution in [1.82, 2.24) is 15.2 Å². The van der Waals surface area contributed by atoms with Crippen molar-refractivity contribution < 1.29 is 14.7 Å². The Morgan fingerprint density at radius 3 is 2.54 bits per heavy atom. The lowest BCUT2D eigenvalue weighted by Gasteiger charge is -2.35. The summed E-state index contributed by atoms with van der Waals surface area (Å²) in [7, 11) is 0. The third kappa shape index (κ3) is 4.92. The topological polar surface area (TPSA) is 85.8 Å². The lowest BCUT2D eigenvalue weighted by molar-refractivity contribution is -0.143. The quantitative estimate of drug-likeness (QED) is 0.768. The van der Waals surface area contributed by atoms with Crippen LogP contribution in [0.4, 0.5) is 5.82 Å². The van der Waals surface area contributed by atoms with Gasteiger partial charge in [-0.05, 0) is 18.1 Å². The molecule has 1 aromatic heterocycles. The number of hydrogen-bond acceptors (Lipinski definition) is 5. The Labute approximate surface area is 142 Å². The van der Waals surface area contributed by atoms with Gasteiger partial charge >= 0.3 is 5.97 Å². The Kier molecular flexibility index (Phi) is 6.54. The highest BCUT2D eigenvalue weighted by atomic mass is 16.4. The first-order chi connectivity index (χ1) is 11.5. The largest absolute Gasteiger partial charge is 0.480 e. The Balaban J connectivity index is 1.80. The van der Waals surface area contributed by atoms with Gasteiger partial charge in [-0.25, -0.2) is 9.78 Å². The predicted molar refractivity (Wildman–Crippen MR) is 91.9 cm³/mol. The van der Waals surface area contributed by atoms with Gasteiger partial charge in [0.05, 0.1) is 6.54 Å². The van der Waals surface area contributed by atoms with E-state index in [-0.39, 0.29) is 18.4 Å². The fourth-order valence-electron chi connectivity index (χ4n) is 2.78. The maximum atomic E-state index is 12.2. The minimum atomic E-state index is -0.974. The Hall–Kier alpha value is -2.15. The zero-order chi connectivity index (χ0) is 17.5. The highest BCUT2D eigenvalue weighted by Crippen LogP contribution is 2.12. The van der Waals surface area contributed by atoms with E-state index in [0.29, 0.717) is 6.42 Å². The number of nitrogens with zero attached hydrogens (tertiary/aromatic N) is 3. The smallest absolute Gasteiger partial charge is 0.326 e. The molecule has 2 heterocycles. The lowest BCUT2D eigenvalue weighted by atomic mass is 9.99. The summed E-state index contributed by atoms with van der Waals surface area (Å²) in [6.45, 7) is 7.11. The number of carbonyl (C=O) groups is 2. The van der Waals surface area contributed by atoms with Crippen LogP contribution in [0, 0.1) is 5.92 Å². The van der Waals surface area contributed by atoms with Gasteiger partial charge in [-0.1, -0.05) is 26.3 Å². The van der Waals surface area contributed by atoms with E-state index in [0.717, 1.165) is 32.0 Å². The van der Waals surface area contributed by atoms with Gasteiger partial charge in [0, 0.05) is 32.4 Å². The molecule has 0 saturated carbocycles. The number of carbonyl (C=O) groups excluding carboxylic acids is 1. The number of aromatic nitrogens is 1. The Morgan fingerprint density at radius 1 is 1.29 bits per heavy atom. The molecule has 1 aliphatic heterocycles. The van der Waals surface area contributed by atoms with E-state index in [1.807, 2.05) is 36.9 Å². The van der Waals surface area contributed by atoms with Crippen LogP contribution in [0.2, 0.25) is 0 Å². The van der Waals surface area contributed by atoms with E-state index in [2.05, 4.69) is 15.2 Å². The fraction of sp³-hybridized carbons (Fsp3) is 0.588. The first-order valence-corrected chi connectivity index (χ1v) is 8.41. The fourth-order valence-corrected chi connectivity index (χ4v) is 2.78. The van der Waals surface area contributed by atoms with Crippen LogP contribution >= 0.6 is 0 Å². The van der Waals surface area contributed by atoms with Crippen LogP contribution in [0.5, 0.6) is 0 Å². The first-order valence-electron chi connectivity index (χ1n) is 8.41. The van der Waals surface area contributed by atoms with Crippen molar-refractivity contribution in [2.24, 2.45) is 5.92 Å². The number of rotatable bonds is 7. The van der Waals surface area contributed by atoms with Crippen molar-refractivity contribution in [3.05, 3.63) is 24.4 Å². The normalized spacial score (nSPS) is 18.0. The van der Waals surface area contributed by atoms with Gasteiger partial charge in [0.25, 0.3) is 0 Å². The van der Waals surface area contributed by atoms with Gasteiger partial charge < -0.3 is 15.3 Å². The number of carboxylic acid groups (broad SMARTS) is 1. The molecule has 132 valence electrons. The van der Waals surface area contributed by atoms with Crippen LogP contribution in [0.25, 0.3) is 0 Å². The van der Waals surface area contributed by atoms with Crippen LogP contribution in [-0.2, 0) is 9.59 Å². The molecular formula is C17H26N4O3. The summed E-state index contributed by atoms with van der Waals surface area (Å²) in [5, 5.41) is 11.9. The average molecular weight is 334 g/mol. The van der Waals surface area contributed by atoms with E-state index >= 15 is 0 Å². The van der Waals surface area contributed by atoms with Gasteiger partial charge in [0.1, 0.15) is 11.9 Å². The molecule has 1 fully saturated rings. The van der Waals surface area contributed by atoms with E-state index in [1.54, 1.807) is 6.20 Å². The number of aliphatic carboxylic acids is 1. The standard InChI is InChI=1S/C17H26N4O3/c1-3-13(2)16(17(23)24)19-15(22)12-20-8-10-21(11-9-20)14-6-4-5-7-18-14/h4-7,13,16H,3,8-12H2,1-2H3,(H,19,22)(H,23,24)/t13-,16-/m0/s1. The third-order valence-electron chi connectivity index (χ3n) is 4.51.